The van der Waals surface area contributed by atoms with Crippen LogP contribution in [0.1, 0.15) is 45.1 Å². The summed E-state index contributed by atoms with van der Waals surface area (Å²) in [6.45, 7) is 4.52. The van der Waals surface area contributed by atoms with Crippen LogP contribution in [-0.2, 0) is 10.2 Å². The molecule has 4 heteroatoms. The Morgan fingerprint density at radius 2 is 2.19 bits per heavy atom. The summed E-state index contributed by atoms with van der Waals surface area (Å²) >= 11 is 0. The number of carbonyl (C=O) groups is 1. The molecule has 1 aromatic rings. The highest BCUT2D eigenvalue weighted by Crippen LogP contribution is 2.25. The van der Waals surface area contributed by atoms with Gasteiger partial charge in [0.2, 0.25) is 5.91 Å². The Labute approximate surface area is 126 Å². The van der Waals surface area contributed by atoms with Gasteiger partial charge in [-0.1, -0.05) is 32.4 Å². The first kappa shape index (κ1) is 16.0. The normalized spacial score (nSPS) is 22.9. The molecule has 2 rings (SSSR count). The molecular formula is C17H25FN2O. The van der Waals surface area contributed by atoms with Crippen molar-refractivity contribution in [2.24, 2.45) is 11.7 Å². The number of rotatable bonds is 4. The predicted molar refractivity (Wildman–Crippen MR) is 82.4 cm³/mol. The van der Waals surface area contributed by atoms with Crippen LogP contribution in [0.5, 0.6) is 0 Å². The molecule has 1 amide bonds. The number of nitrogens with one attached hydrogen (secondary N) is 1. The summed E-state index contributed by atoms with van der Waals surface area (Å²) in [6, 6.07) is 6.70. The van der Waals surface area contributed by atoms with Crippen LogP contribution in [-0.4, -0.2) is 18.5 Å². The maximum absolute atomic E-state index is 13.3. The Kier molecular flexibility index (Phi) is 4.99. The number of amides is 1. The lowest BCUT2D eigenvalue weighted by Gasteiger charge is -2.29. The highest BCUT2D eigenvalue weighted by molar-refractivity contribution is 5.78. The predicted octanol–water partition coefficient (Wildman–Crippen LogP) is 2.74. The molecule has 0 heterocycles. The van der Waals surface area contributed by atoms with Crippen LogP contribution in [0.25, 0.3) is 0 Å². The molecule has 3 nitrogen and oxygen atoms in total. The lowest BCUT2D eigenvalue weighted by molar-refractivity contribution is -0.126. The number of benzene rings is 1. The number of hydrogen-bond donors (Lipinski definition) is 2. The summed E-state index contributed by atoms with van der Waals surface area (Å²) in [6.07, 6.45) is 3.72. The third-order valence-electron chi connectivity index (χ3n) is 4.40. The Hall–Kier alpha value is -1.42. The average Bonchev–Trinajstić information content (AvgIpc) is 2.45. The van der Waals surface area contributed by atoms with Crippen LogP contribution >= 0.6 is 0 Å². The largest absolute Gasteiger partial charge is 0.355 e. The van der Waals surface area contributed by atoms with Gasteiger partial charge in [-0.3, -0.25) is 4.79 Å². The number of nitrogens with two attached hydrogens (primary N) is 1. The molecule has 21 heavy (non-hydrogen) atoms. The van der Waals surface area contributed by atoms with Gasteiger partial charge in [0.25, 0.3) is 0 Å². The molecule has 1 aliphatic rings. The highest BCUT2D eigenvalue weighted by Gasteiger charge is 2.27. The van der Waals surface area contributed by atoms with Crippen LogP contribution in [0.3, 0.4) is 0 Å². The van der Waals surface area contributed by atoms with E-state index in [1.807, 2.05) is 19.9 Å². The fourth-order valence-corrected chi connectivity index (χ4v) is 2.93. The summed E-state index contributed by atoms with van der Waals surface area (Å²) in [5.41, 5.74) is 6.53. The summed E-state index contributed by atoms with van der Waals surface area (Å²) < 4.78 is 13.3. The van der Waals surface area contributed by atoms with Crippen molar-refractivity contribution in [3.05, 3.63) is 35.6 Å². The van der Waals surface area contributed by atoms with Crippen molar-refractivity contribution < 1.29 is 9.18 Å². The topological polar surface area (TPSA) is 55.1 Å². The van der Waals surface area contributed by atoms with Crippen molar-refractivity contribution in [3.8, 4) is 0 Å². The fraction of sp³-hybridized carbons (Fsp3) is 0.588. The Bertz CT molecular complexity index is 501. The first-order chi connectivity index (χ1) is 9.88. The minimum atomic E-state index is -0.297. The van der Waals surface area contributed by atoms with Crippen molar-refractivity contribution >= 4 is 5.91 Å². The van der Waals surface area contributed by atoms with Crippen LogP contribution in [0.4, 0.5) is 4.39 Å². The second-order valence-electron chi connectivity index (χ2n) is 6.74. The lowest BCUT2D eigenvalue weighted by Crippen LogP contribution is -2.42. The zero-order valence-corrected chi connectivity index (χ0v) is 12.9. The van der Waals surface area contributed by atoms with Gasteiger partial charge in [0.05, 0.1) is 0 Å². The van der Waals surface area contributed by atoms with Crippen molar-refractivity contribution in [2.45, 2.75) is 51.0 Å². The molecule has 0 saturated heterocycles. The first-order valence-electron chi connectivity index (χ1n) is 7.68. The molecule has 1 aromatic carbocycles. The van der Waals surface area contributed by atoms with Gasteiger partial charge in [0.1, 0.15) is 5.82 Å². The summed E-state index contributed by atoms with van der Waals surface area (Å²) in [5.74, 6) is -0.142. The summed E-state index contributed by atoms with van der Waals surface area (Å²) in [4.78, 5) is 12.2. The van der Waals surface area contributed by atoms with Gasteiger partial charge >= 0.3 is 0 Å². The van der Waals surface area contributed by atoms with Gasteiger partial charge in [0.15, 0.2) is 0 Å². The van der Waals surface area contributed by atoms with Gasteiger partial charge in [-0.15, -0.1) is 0 Å². The molecule has 0 spiro atoms. The molecule has 2 unspecified atom stereocenters. The van der Waals surface area contributed by atoms with E-state index in [2.05, 4.69) is 5.32 Å². The van der Waals surface area contributed by atoms with E-state index in [1.165, 1.54) is 12.1 Å². The molecule has 1 aliphatic carbocycles. The van der Waals surface area contributed by atoms with Gasteiger partial charge in [0, 0.05) is 23.9 Å². The van der Waals surface area contributed by atoms with E-state index >= 15 is 0 Å². The molecule has 0 radical (unpaired) electrons. The molecule has 2 atom stereocenters. The maximum atomic E-state index is 13.3. The fourth-order valence-electron chi connectivity index (χ4n) is 2.93. The molecular weight excluding hydrogens is 267 g/mol. The van der Waals surface area contributed by atoms with Crippen molar-refractivity contribution in [2.75, 3.05) is 6.54 Å². The zero-order valence-electron chi connectivity index (χ0n) is 12.9. The van der Waals surface area contributed by atoms with Crippen molar-refractivity contribution in [1.82, 2.24) is 5.32 Å². The van der Waals surface area contributed by atoms with Gasteiger partial charge < -0.3 is 11.1 Å². The van der Waals surface area contributed by atoms with Gasteiger partial charge in [-0.2, -0.15) is 0 Å². The SMILES string of the molecule is CC(C)(CNC(=O)C1CCCC(N)C1)c1cccc(F)c1. The third-order valence-corrected chi connectivity index (χ3v) is 4.40. The zero-order chi connectivity index (χ0) is 15.5. The Morgan fingerprint density at radius 1 is 1.43 bits per heavy atom. The Balaban J connectivity index is 1.93. The van der Waals surface area contributed by atoms with Crippen LogP contribution in [0.15, 0.2) is 24.3 Å². The minimum Gasteiger partial charge on any atom is -0.355 e. The average molecular weight is 292 g/mol. The molecule has 0 bridgehead atoms. The molecule has 0 aliphatic heterocycles. The number of carbonyl (C=O) groups excluding carboxylic acids is 1. The lowest BCUT2D eigenvalue weighted by atomic mass is 9.83. The van der Waals surface area contributed by atoms with Crippen LogP contribution in [0, 0.1) is 11.7 Å². The minimum absolute atomic E-state index is 0.0251. The van der Waals surface area contributed by atoms with E-state index in [0.29, 0.717) is 6.54 Å². The van der Waals surface area contributed by atoms with E-state index in [0.717, 1.165) is 31.2 Å². The second-order valence-corrected chi connectivity index (χ2v) is 6.74. The number of hydrogen-bond acceptors (Lipinski definition) is 2. The smallest absolute Gasteiger partial charge is 0.223 e. The highest BCUT2D eigenvalue weighted by atomic mass is 19.1. The van der Waals surface area contributed by atoms with E-state index in [9.17, 15) is 9.18 Å². The molecule has 1 fully saturated rings. The van der Waals surface area contributed by atoms with Crippen LogP contribution < -0.4 is 11.1 Å². The molecule has 0 aromatic heterocycles. The van der Waals surface area contributed by atoms with E-state index in [-0.39, 0.29) is 29.1 Å². The molecule has 1 saturated carbocycles. The molecule has 116 valence electrons. The van der Waals surface area contributed by atoms with Gasteiger partial charge in [-0.25, -0.2) is 4.39 Å². The second kappa shape index (κ2) is 6.56. The molecule has 3 N–H and O–H groups in total. The van der Waals surface area contributed by atoms with Crippen molar-refractivity contribution in [1.29, 1.82) is 0 Å². The van der Waals surface area contributed by atoms with Crippen LogP contribution in [0.2, 0.25) is 0 Å². The van der Waals surface area contributed by atoms with E-state index in [4.69, 9.17) is 5.73 Å². The first-order valence-corrected chi connectivity index (χ1v) is 7.68. The van der Waals surface area contributed by atoms with Crippen molar-refractivity contribution in [3.63, 3.8) is 0 Å². The quantitative estimate of drug-likeness (QED) is 0.896. The maximum Gasteiger partial charge on any atom is 0.223 e. The van der Waals surface area contributed by atoms with Gasteiger partial charge in [-0.05, 0) is 37.0 Å². The summed E-state index contributed by atoms with van der Waals surface area (Å²) in [5, 5.41) is 3.01. The number of halogens is 1. The standard InChI is InChI=1S/C17H25FN2O/c1-17(2,13-6-4-7-14(18)10-13)11-20-16(21)12-5-3-8-15(19)9-12/h4,6-7,10,12,15H,3,5,8-9,11,19H2,1-2H3,(H,20,21). The third kappa shape index (κ3) is 4.27. The monoisotopic (exact) mass is 292 g/mol. The van der Waals surface area contributed by atoms with E-state index in [1.54, 1.807) is 6.07 Å². The Morgan fingerprint density at radius 3 is 2.86 bits per heavy atom. The van der Waals surface area contributed by atoms with E-state index < -0.39 is 0 Å². The summed E-state index contributed by atoms with van der Waals surface area (Å²) in [7, 11) is 0.